The fourth-order valence-corrected chi connectivity index (χ4v) is 6.15. The Labute approximate surface area is 310 Å². The third-order valence-corrected chi connectivity index (χ3v) is 10.7. The molecule has 1 N–H and O–H groups in total. The van der Waals surface area contributed by atoms with Crippen LogP contribution in [0, 0.1) is 30.7 Å². The topological polar surface area (TPSA) is 89.1 Å². The monoisotopic (exact) mass is 849 g/mol. The number of nitrogens with zero attached hydrogens (tertiary/aromatic N) is 3. The van der Waals surface area contributed by atoms with E-state index in [1.54, 1.807) is 0 Å². The predicted octanol–water partition coefficient (Wildman–Crippen LogP) is 11.9. The Kier molecular flexibility index (Phi) is 12.1. The van der Waals surface area contributed by atoms with E-state index in [-0.39, 0.29) is 42.5 Å². The van der Waals surface area contributed by atoms with Gasteiger partial charge in [-0.25, -0.2) is 9.97 Å². The summed E-state index contributed by atoms with van der Waals surface area (Å²) in [7, 11) is 0. The zero-order valence-corrected chi connectivity index (χ0v) is 33.5. The second kappa shape index (κ2) is 15.5. The summed E-state index contributed by atoms with van der Waals surface area (Å²) in [6, 6.07) is 22.3. The number of pyridine rings is 1. The molecule has 3 heterocycles. The number of carbonyl (C=O) groups is 1. The van der Waals surface area contributed by atoms with Crippen LogP contribution in [0.1, 0.15) is 104 Å². The molecule has 0 atom stereocenters. The van der Waals surface area contributed by atoms with Crippen molar-refractivity contribution in [3.05, 3.63) is 89.6 Å². The van der Waals surface area contributed by atoms with E-state index in [1.807, 2.05) is 60.6 Å². The molecule has 50 heavy (non-hydrogen) atoms. The molecular weight excluding hydrogens is 799 g/mol. The smallest absolute Gasteiger partial charge is 0.216 e. The summed E-state index contributed by atoms with van der Waals surface area (Å²) >= 11 is 0. The molecule has 0 saturated carbocycles. The maximum atomic E-state index is 12.2. The van der Waals surface area contributed by atoms with Gasteiger partial charge in [-0.15, -0.1) is 18.2 Å². The van der Waals surface area contributed by atoms with E-state index in [0.717, 1.165) is 81.1 Å². The van der Waals surface area contributed by atoms with E-state index in [2.05, 4.69) is 69.3 Å². The summed E-state index contributed by atoms with van der Waals surface area (Å²) in [6.45, 7) is 20.4. The van der Waals surface area contributed by atoms with Gasteiger partial charge in [-0.05, 0) is 74.4 Å². The minimum absolute atomic E-state index is 0. The van der Waals surface area contributed by atoms with Gasteiger partial charge in [-0.1, -0.05) is 96.2 Å². The Morgan fingerprint density at radius 2 is 1.48 bits per heavy atom. The number of benzene rings is 3. The van der Waals surface area contributed by atoms with Gasteiger partial charge in [0.2, 0.25) is 5.71 Å². The van der Waals surface area contributed by atoms with Crippen molar-refractivity contribution in [1.29, 1.82) is 0 Å². The van der Waals surface area contributed by atoms with Crippen molar-refractivity contribution in [2.24, 2.45) is 10.8 Å². The molecule has 0 aliphatic rings. The molecule has 0 unspecified atom stereocenters. The van der Waals surface area contributed by atoms with Crippen molar-refractivity contribution in [3.63, 3.8) is 0 Å². The zero-order chi connectivity index (χ0) is 35.7. The van der Waals surface area contributed by atoms with Crippen LogP contribution in [0.3, 0.4) is 0 Å². The van der Waals surface area contributed by atoms with E-state index >= 15 is 0 Å². The number of hydrogen-bond acceptors (Lipinski definition) is 6. The average Bonchev–Trinajstić information content (AvgIpc) is 3.49. The maximum absolute atomic E-state index is 12.2. The number of hydrogen-bond donors (Lipinski definition) is 1. The number of carbonyl (C=O) groups excluding carboxylic acids is 1. The summed E-state index contributed by atoms with van der Waals surface area (Å²) in [5.74, 6) is 1.35. The minimum atomic E-state index is -0.337. The van der Waals surface area contributed by atoms with Crippen molar-refractivity contribution < 1.29 is 34.4 Å². The number of aryl methyl sites for hydroxylation is 2. The Bertz CT molecular complexity index is 2190. The fraction of sp³-hybridized carbons (Fsp3) is 0.395. The fourth-order valence-electron chi connectivity index (χ4n) is 6.15. The molecule has 0 fully saturated rings. The number of furan rings is 1. The Morgan fingerprint density at radius 3 is 2.12 bits per heavy atom. The third-order valence-electron chi connectivity index (χ3n) is 10.7. The SMILES string of the molecule is CCC(C)(CC)C(=O)/C=C(\O)C(C)(CC)CC.Cc1ccc2ccc3c(-c4[c-]ccc5c4oc4nc(C(C)C)ccc45)nc(C)nc3c2c1.[Ir]. The molecule has 0 amide bonds. The van der Waals surface area contributed by atoms with Gasteiger partial charge in [-0.3, -0.25) is 9.78 Å². The molecular formula is C43H50IrN3O3-. The van der Waals surface area contributed by atoms with Gasteiger partial charge < -0.3 is 9.52 Å². The number of aliphatic hydroxyl groups is 1. The Balaban J connectivity index is 0.000000269. The molecule has 1 radical (unpaired) electrons. The molecule has 7 heteroatoms. The van der Waals surface area contributed by atoms with Crippen LogP contribution >= 0.6 is 0 Å². The summed E-state index contributed by atoms with van der Waals surface area (Å²) in [5, 5.41) is 15.5. The van der Waals surface area contributed by atoms with Crippen LogP contribution in [-0.4, -0.2) is 25.8 Å². The van der Waals surface area contributed by atoms with Crippen molar-refractivity contribution in [1.82, 2.24) is 15.0 Å². The number of ketones is 1. The van der Waals surface area contributed by atoms with Crippen LogP contribution in [0.5, 0.6) is 0 Å². The zero-order valence-electron chi connectivity index (χ0n) is 31.1. The molecule has 3 aromatic heterocycles. The van der Waals surface area contributed by atoms with E-state index in [0.29, 0.717) is 11.6 Å². The van der Waals surface area contributed by atoms with E-state index < -0.39 is 0 Å². The van der Waals surface area contributed by atoms with Gasteiger partial charge >= 0.3 is 0 Å². The molecule has 265 valence electrons. The average molecular weight is 849 g/mol. The molecule has 6 rings (SSSR count). The Morgan fingerprint density at radius 1 is 0.840 bits per heavy atom. The van der Waals surface area contributed by atoms with Gasteiger partial charge in [0, 0.05) is 59.2 Å². The normalized spacial score (nSPS) is 12.4. The van der Waals surface area contributed by atoms with Crippen LogP contribution in [0.2, 0.25) is 0 Å². The molecule has 6 aromatic rings. The molecule has 0 bridgehead atoms. The first-order chi connectivity index (χ1) is 23.3. The van der Waals surface area contributed by atoms with Crippen molar-refractivity contribution >= 4 is 49.5 Å². The number of aromatic nitrogens is 3. The number of allylic oxidation sites excluding steroid dienone is 2. The van der Waals surface area contributed by atoms with Crippen LogP contribution in [0.25, 0.3) is 55.0 Å². The minimum Gasteiger partial charge on any atom is -0.512 e. The first-order valence-corrected chi connectivity index (χ1v) is 17.7. The first kappa shape index (κ1) is 38.9. The van der Waals surface area contributed by atoms with Crippen LogP contribution in [0.15, 0.2) is 70.8 Å². The van der Waals surface area contributed by atoms with Crippen LogP contribution in [-0.2, 0) is 24.9 Å². The largest absolute Gasteiger partial charge is 0.512 e. The predicted molar refractivity (Wildman–Crippen MR) is 203 cm³/mol. The first-order valence-electron chi connectivity index (χ1n) is 17.7. The maximum Gasteiger partial charge on any atom is 0.216 e. The molecule has 0 aliphatic heterocycles. The van der Waals surface area contributed by atoms with Crippen molar-refractivity contribution in [2.75, 3.05) is 0 Å². The summed E-state index contributed by atoms with van der Waals surface area (Å²) in [4.78, 5) is 26.6. The molecule has 6 nitrogen and oxygen atoms in total. The van der Waals surface area contributed by atoms with Gasteiger partial charge in [-0.2, -0.15) is 0 Å². The third kappa shape index (κ3) is 7.40. The van der Waals surface area contributed by atoms with Crippen LogP contribution in [0.4, 0.5) is 0 Å². The van der Waals surface area contributed by atoms with Crippen LogP contribution < -0.4 is 0 Å². The second-order valence-electron chi connectivity index (χ2n) is 14.2. The summed E-state index contributed by atoms with van der Waals surface area (Å²) < 4.78 is 6.32. The van der Waals surface area contributed by atoms with Crippen molar-refractivity contribution in [3.8, 4) is 11.3 Å². The van der Waals surface area contributed by atoms with Gasteiger partial charge in [0.25, 0.3) is 0 Å². The standard InChI is InChI=1S/C28H22N3O.C15H28O2.Ir/c1-15(2)24-13-12-20-19-6-5-7-22(27(19)32-28(20)31-24)25-21-11-10-18-9-8-16(3)14-23(18)26(21)30-17(4)29-25;1-7-14(5,8-2)12(16)11-13(17)15(6,9-3)10-4;/h5-6,8-15H,1-4H3;11,16H,7-10H2,1-6H3;/q-1;;/b;12-11-;. The molecule has 0 aliphatic carbocycles. The van der Waals surface area contributed by atoms with E-state index in [1.165, 1.54) is 17.0 Å². The molecule has 3 aromatic carbocycles. The van der Waals surface area contributed by atoms with Crippen molar-refractivity contribution in [2.45, 2.75) is 101 Å². The van der Waals surface area contributed by atoms with E-state index in [9.17, 15) is 9.90 Å². The van der Waals surface area contributed by atoms with Gasteiger partial charge in [0.15, 0.2) is 5.78 Å². The summed E-state index contributed by atoms with van der Waals surface area (Å²) in [6.07, 6.45) is 4.75. The quantitative estimate of drug-likeness (QED) is 0.0675. The number of rotatable bonds is 9. The van der Waals surface area contributed by atoms with E-state index in [4.69, 9.17) is 19.4 Å². The Hall–Kier alpha value is -3.93. The number of fused-ring (bicyclic) bond motifs is 6. The van der Waals surface area contributed by atoms with Gasteiger partial charge in [0.1, 0.15) is 11.6 Å². The van der Waals surface area contributed by atoms with Gasteiger partial charge in [0.05, 0.1) is 11.1 Å². The number of aliphatic hydroxyl groups excluding tert-OH is 1. The summed E-state index contributed by atoms with van der Waals surface area (Å²) in [5.41, 5.74) is 5.68. The molecule has 0 spiro atoms. The second-order valence-corrected chi connectivity index (χ2v) is 14.2. The molecule has 0 saturated heterocycles.